The van der Waals surface area contributed by atoms with Crippen molar-refractivity contribution in [2.24, 2.45) is 0 Å². The second-order valence-electron chi connectivity index (χ2n) is 9.45. The number of rotatable bonds is 4. The molecule has 38 heavy (non-hydrogen) atoms. The van der Waals surface area contributed by atoms with Crippen molar-refractivity contribution in [3.8, 4) is 22.6 Å². The molecule has 6 nitrogen and oxygen atoms in total. The average Bonchev–Trinajstić information content (AvgIpc) is 3.33. The number of oxazole rings is 1. The number of aromatic nitrogens is 1. The molecule has 186 valence electrons. The summed E-state index contributed by atoms with van der Waals surface area (Å²) in [6.07, 6.45) is 0. The Morgan fingerprint density at radius 1 is 0.816 bits per heavy atom. The van der Waals surface area contributed by atoms with Crippen LogP contribution in [0.4, 0.5) is 5.69 Å². The van der Waals surface area contributed by atoms with Gasteiger partial charge in [0, 0.05) is 22.2 Å². The van der Waals surface area contributed by atoms with Crippen LogP contribution in [0.2, 0.25) is 0 Å². The Morgan fingerprint density at radius 3 is 2.50 bits per heavy atom. The molecule has 6 rings (SSSR count). The molecule has 0 spiro atoms. The van der Waals surface area contributed by atoms with Gasteiger partial charge in [0.2, 0.25) is 5.89 Å². The fourth-order valence-corrected chi connectivity index (χ4v) is 4.78. The largest absolute Gasteiger partial charge is 0.436 e. The van der Waals surface area contributed by atoms with E-state index in [9.17, 15) is 9.59 Å². The van der Waals surface area contributed by atoms with Crippen LogP contribution < -0.4 is 10.9 Å². The van der Waals surface area contributed by atoms with Crippen molar-refractivity contribution in [2.75, 3.05) is 5.32 Å². The fraction of sp³-hybridized carbons (Fsp3) is 0.0938. The Bertz CT molecular complexity index is 1930. The van der Waals surface area contributed by atoms with E-state index in [1.807, 2.05) is 63.2 Å². The number of para-hydroxylation sites is 1. The molecule has 0 aliphatic rings. The smallest absolute Gasteiger partial charge is 0.344 e. The van der Waals surface area contributed by atoms with Gasteiger partial charge in [-0.25, -0.2) is 9.78 Å². The highest BCUT2D eigenvalue weighted by Gasteiger charge is 2.17. The molecule has 0 bridgehead atoms. The van der Waals surface area contributed by atoms with Gasteiger partial charge in [0.1, 0.15) is 11.1 Å². The number of fused-ring (bicyclic) bond motifs is 2. The number of carbonyl (C=O) groups excluding carboxylic acids is 1. The Morgan fingerprint density at radius 2 is 1.63 bits per heavy atom. The maximum atomic E-state index is 13.3. The van der Waals surface area contributed by atoms with Crippen molar-refractivity contribution in [2.45, 2.75) is 20.8 Å². The van der Waals surface area contributed by atoms with E-state index in [2.05, 4.69) is 11.4 Å². The van der Waals surface area contributed by atoms with Gasteiger partial charge in [0.15, 0.2) is 5.58 Å². The summed E-state index contributed by atoms with van der Waals surface area (Å²) in [4.78, 5) is 30.6. The van der Waals surface area contributed by atoms with Crippen LogP contribution in [0, 0.1) is 20.8 Å². The maximum absolute atomic E-state index is 13.3. The molecule has 2 heterocycles. The fourth-order valence-electron chi connectivity index (χ4n) is 4.78. The van der Waals surface area contributed by atoms with E-state index in [1.54, 1.807) is 36.4 Å². The van der Waals surface area contributed by atoms with E-state index in [-0.39, 0.29) is 5.91 Å². The van der Waals surface area contributed by atoms with Crippen molar-refractivity contribution in [3.63, 3.8) is 0 Å². The Hall–Kier alpha value is -4.97. The molecule has 6 aromatic rings. The zero-order valence-electron chi connectivity index (χ0n) is 21.2. The summed E-state index contributed by atoms with van der Waals surface area (Å²) in [6.45, 7) is 5.96. The normalized spacial score (nSPS) is 11.2. The van der Waals surface area contributed by atoms with E-state index in [4.69, 9.17) is 13.8 Å². The van der Waals surface area contributed by atoms with E-state index >= 15 is 0 Å². The zero-order valence-corrected chi connectivity index (χ0v) is 21.2. The highest BCUT2D eigenvalue weighted by molar-refractivity contribution is 6.05. The van der Waals surface area contributed by atoms with Crippen LogP contribution in [0.15, 0.2) is 98.6 Å². The van der Waals surface area contributed by atoms with Crippen LogP contribution in [0.5, 0.6) is 0 Å². The van der Waals surface area contributed by atoms with Crippen molar-refractivity contribution < 1.29 is 13.6 Å². The average molecular weight is 501 g/mol. The van der Waals surface area contributed by atoms with Crippen molar-refractivity contribution in [1.29, 1.82) is 0 Å². The number of benzene rings is 4. The van der Waals surface area contributed by atoms with Gasteiger partial charge in [-0.15, -0.1) is 0 Å². The summed E-state index contributed by atoms with van der Waals surface area (Å²) in [5, 5.41) is 3.82. The molecule has 0 aliphatic carbocycles. The highest BCUT2D eigenvalue weighted by Crippen LogP contribution is 2.32. The molecular formula is C32H24N2O4. The Labute approximate surface area is 218 Å². The number of nitrogens with zero attached hydrogens (tertiary/aromatic N) is 1. The topological polar surface area (TPSA) is 85.3 Å². The van der Waals surface area contributed by atoms with E-state index in [1.165, 1.54) is 0 Å². The lowest BCUT2D eigenvalue weighted by atomic mass is 10.0. The lowest BCUT2D eigenvalue weighted by Gasteiger charge is -2.11. The standard InChI is InChI=1S/C32H24N2O4/c1-18-14-19(2)29-27(15-18)34-31(38-29)24-11-7-12-26(20(24)3)33-30(35)23-10-6-9-21(16-23)25-17-22-8-4-5-13-28(22)37-32(25)36/h4-17H,1-3H3,(H,33,35). The summed E-state index contributed by atoms with van der Waals surface area (Å²) >= 11 is 0. The molecule has 4 aromatic carbocycles. The first-order valence-corrected chi connectivity index (χ1v) is 12.3. The van der Waals surface area contributed by atoms with Crippen molar-refractivity contribution >= 4 is 33.7 Å². The van der Waals surface area contributed by atoms with E-state index in [0.717, 1.165) is 38.7 Å². The van der Waals surface area contributed by atoms with Gasteiger partial charge in [-0.3, -0.25) is 4.79 Å². The molecular weight excluding hydrogens is 476 g/mol. The van der Waals surface area contributed by atoms with Gasteiger partial charge in [-0.1, -0.05) is 42.5 Å². The summed E-state index contributed by atoms with van der Waals surface area (Å²) in [7, 11) is 0. The molecule has 0 fully saturated rings. The summed E-state index contributed by atoms with van der Waals surface area (Å²) < 4.78 is 11.6. The minimum atomic E-state index is -0.450. The van der Waals surface area contributed by atoms with Gasteiger partial charge in [0.05, 0.1) is 5.56 Å². The molecule has 0 aliphatic heterocycles. The number of amides is 1. The van der Waals surface area contributed by atoms with E-state index in [0.29, 0.717) is 33.9 Å². The Balaban J connectivity index is 1.32. The number of anilines is 1. The monoisotopic (exact) mass is 500 g/mol. The van der Waals surface area contributed by atoms with Gasteiger partial charge < -0.3 is 14.2 Å². The van der Waals surface area contributed by atoms with Gasteiger partial charge >= 0.3 is 5.63 Å². The van der Waals surface area contributed by atoms with Crippen LogP contribution in [-0.2, 0) is 0 Å². The van der Waals surface area contributed by atoms with Gasteiger partial charge in [-0.2, -0.15) is 0 Å². The van der Waals surface area contributed by atoms with Crippen LogP contribution in [0.3, 0.4) is 0 Å². The second-order valence-corrected chi connectivity index (χ2v) is 9.45. The summed E-state index contributed by atoms with van der Waals surface area (Å²) in [5.41, 5.74) is 7.52. The summed E-state index contributed by atoms with van der Waals surface area (Å²) in [5.74, 6) is 0.216. The molecule has 1 N–H and O–H groups in total. The predicted octanol–water partition coefficient (Wildman–Crippen LogP) is 7.45. The first kappa shape index (κ1) is 23.4. The lowest BCUT2D eigenvalue weighted by molar-refractivity contribution is 0.102. The molecule has 0 saturated heterocycles. The number of aryl methyl sites for hydroxylation is 2. The number of hydrogen-bond acceptors (Lipinski definition) is 5. The third-order valence-electron chi connectivity index (χ3n) is 6.71. The third kappa shape index (κ3) is 4.16. The minimum absolute atomic E-state index is 0.290. The SMILES string of the molecule is Cc1cc(C)c2oc(-c3cccc(NC(=O)c4cccc(-c5cc6ccccc6oc5=O)c4)c3C)nc2c1. The third-order valence-corrected chi connectivity index (χ3v) is 6.71. The molecule has 1 amide bonds. The number of carbonyl (C=O) groups is 1. The van der Waals surface area contributed by atoms with Crippen LogP contribution in [-0.4, -0.2) is 10.9 Å². The zero-order chi connectivity index (χ0) is 26.4. The lowest BCUT2D eigenvalue weighted by Crippen LogP contribution is -2.13. The highest BCUT2D eigenvalue weighted by atomic mass is 16.4. The maximum Gasteiger partial charge on any atom is 0.344 e. The van der Waals surface area contributed by atoms with Crippen LogP contribution in [0.25, 0.3) is 44.7 Å². The van der Waals surface area contributed by atoms with Crippen molar-refractivity contribution in [3.05, 3.63) is 118 Å². The van der Waals surface area contributed by atoms with Gasteiger partial charge in [-0.05, 0) is 85.5 Å². The van der Waals surface area contributed by atoms with Gasteiger partial charge in [0.25, 0.3) is 5.91 Å². The molecule has 2 aromatic heterocycles. The van der Waals surface area contributed by atoms with E-state index < -0.39 is 5.63 Å². The first-order chi connectivity index (χ1) is 18.4. The Kier molecular flexibility index (Phi) is 5.65. The second kappa shape index (κ2) is 9.16. The molecule has 0 atom stereocenters. The molecule has 6 heteroatoms. The predicted molar refractivity (Wildman–Crippen MR) is 150 cm³/mol. The molecule has 0 radical (unpaired) electrons. The van der Waals surface area contributed by atoms with Crippen LogP contribution >= 0.6 is 0 Å². The summed E-state index contributed by atoms with van der Waals surface area (Å²) in [6, 6.07) is 25.8. The molecule has 0 saturated carbocycles. The quantitative estimate of drug-likeness (QED) is 0.254. The number of nitrogens with one attached hydrogen (secondary N) is 1. The molecule has 0 unspecified atom stereocenters. The van der Waals surface area contributed by atoms with Crippen molar-refractivity contribution in [1.82, 2.24) is 4.98 Å². The first-order valence-electron chi connectivity index (χ1n) is 12.3. The number of hydrogen-bond donors (Lipinski definition) is 1. The van der Waals surface area contributed by atoms with Crippen LogP contribution in [0.1, 0.15) is 27.0 Å². The minimum Gasteiger partial charge on any atom is -0.436 e.